The molecule has 0 spiro atoms. The first kappa shape index (κ1) is 12.0. The van der Waals surface area contributed by atoms with E-state index in [9.17, 15) is 4.79 Å². The standard InChI is InChI=1S/C13H13NO2S/c14-8-12(13(15)16)17-11-6-5-9-3-1-2-4-10(9)7-11/h1-7,12H,8,14H2,(H,15,16). The number of hydrogen-bond acceptors (Lipinski definition) is 3. The number of nitrogens with two attached hydrogens (primary N) is 1. The molecule has 2 aromatic rings. The van der Waals surface area contributed by atoms with Crippen LogP contribution in [0.5, 0.6) is 0 Å². The van der Waals surface area contributed by atoms with Crippen LogP contribution in [0, 0.1) is 0 Å². The molecule has 0 aliphatic heterocycles. The summed E-state index contributed by atoms with van der Waals surface area (Å²) in [6.45, 7) is 0.132. The van der Waals surface area contributed by atoms with Gasteiger partial charge in [-0.3, -0.25) is 4.79 Å². The molecule has 0 saturated heterocycles. The molecule has 0 aromatic heterocycles. The number of hydrogen-bond donors (Lipinski definition) is 2. The minimum Gasteiger partial charge on any atom is -0.480 e. The summed E-state index contributed by atoms with van der Waals surface area (Å²) in [6, 6.07) is 13.9. The minimum atomic E-state index is -0.870. The third kappa shape index (κ3) is 2.78. The van der Waals surface area contributed by atoms with Crippen LogP contribution in [0.2, 0.25) is 0 Å². The number of aliphatic carboxylic acids is 1. The van der Waals surface area contributed by atoms with Crippen LogP contribution in [0.3, 0.4) is 0 Å². The quantitative estimate of drug-likeness (QED) is 0.814. The lowest BCUT2D eigenvalue weighted by Gasteiger charge is -2.09. The van der Waals surface area contributed by atoms with Gasteiger partial charge in [-0.05, 0) is 22.9 Å². The van der Waals surface area contributed by atoms with E-state index >= 15 is 0 Å². The number of carboxylic acids is 1. The van der Waals surface area contributed by atoms with Crippen molar-refractivity contribution in [3.63, 3.8) is 0 Å². The predicted molar refractivity (Wildman–Crippen MR) is 70.3 cm³/mol. The Morgan fingerprint density at radius 1 is 1.24 bits per heavy atom. The van der Waals surface area contributed by atoms with E-state index in [1.165, 1.54) is 11.8 Å². The van der Waals surface area contributed by atoms with Gasteiger partial charge in [0.2, 0.25) is 0 Å². The molecule has 0 heterocycles. The van der Waals surface area contributed by atoms with E-state index in [0.29, 0.717) is 0 Å². The molecule has 1 unspecified atom stereocenters. The maximum Gasteiger partial charge on any atom is 0.318 e. The predicted octanol–water partition coefficient (Wildman–Crippen LogP) is 2.34. The van der Waals surface area contributed by atoms with Crippen LogP contribution < -0.4 is 5.73 Å². The molecule has 0 radical (unpaired) electrons. The van der Waals surface area contributed by atoms with Crippen LogP contribution in [0.25, 0.3) is 10.8 Å². The number of carboxylic acid groups (broad SMARTS) is 1. The number of fused-ring (bicyclic) bond motifs is 1. The lowest BCUT2D eigenvalue weighted by atomic mass is 10.1. The maximum atomic E-state index is 10.9. The molecule has 0 fully saturated rings. The Morgan fingerprint density at radius 3 is 2.59 bits per heavy atom. The molecule has 0 aliphatic carbocycles. The van der Waals surface area contributed by atoms with Gasteiger partial charge in [0.05, 0.1) is 0 Å². The van der Waals surface area contributed by atoms with Crippen LogP contribution in [0.15, 0.2) is 47.4 Å². The van der Waals surface area contributed by atoms with Gasteiger partial charge in [0, 0.05) is 11.4 Å². The van der Waals surface area contributed by atoms with Crippen LogP contribution in [-0.4, -0.2) is 22.9 Å². The molecule has 0 amide bonds. The molecule has 3 nitrogen and oxygen atoms in total. The summed E-state index contributed by atoms with van der Waals surface area (Å²) >= 11 is 1.29. The fourth-order valence-corrected chi connectivity index (χ4v) is 2.47. The van der Waals surface area contributed by atoms with Gasteiger partial charge in [-0.25, -0.2) is 0 Å². The highest BCUT2D eigenvalue weighted by atomic mass is 32.2. The summed E-state index contributed by atoms with van der Waals surface area (Å²) in [5.41, 5.74) is 5.43. The minimum absolute atomic E-state index is 0.132. The van der Waals surface area contributed by atoms with E-state index in [0.717, 1.165) is 15.7 Å². The molecule has 3 N–H and O–H groups in total. The lowest BCUT2D eigenvalue weighted by Crippen LogP contribution is -2.25. The number of rotatable bonds is 4. The van der Waals surface area contributed by atoms with Crippen LogP contribution in [0.4, 0.5) is 0 Å². The normalized spacial score (nSPS) is 12.5. The van der Waals surface area contributed by atoms with E-state index in [-0.39, 0.29) is 6.54 Å². The molecule has 1 atom stereocenters. The SMILES string of the molecule is NCC(Sc1ccc2ccccc2c1)C(=O)O. The zero-order chi connectivity index (χ0) is 12.3. The van der Waals surface area contributed by atoms with Crippen molar-refractivity contribution >= 4 is 28.5 Å². The van der Waals surface area contributed by atoms with Crippen LogP contribution >= 0.6 is 11.8 Å². The first-order valence-electron chi connectivity index (χ1n) is 5.29. The van der Waals surface area contributed by atoms with E-state index in [4.69, 9.17) is 10.8 Å². The summed E-state index contributed by atoms with van der Waals surface area (Å²) in [7, 11) is 0. The first-order valence-corrected chi connectivity index (χ1v) is 6.17. The third-order valence-electron chi connectivity index (χ3n) is 2.49. The molecule has 4 heteroatoms. The number of thioether (sulfide) groups is 1. The van der Waals surface area contributed by atoms with Crippen LogP contribution in [-0.2, 0) is 4.79 Å². The molecule has 88 valence electrons. The van der Waals surface area contributed by atoms with Gasteiger partial charge in [0.1, 0.15) is 5.25 Å². The van der Waals surface area contributed by atoms with Crippen molar-refractivity contribution in [1.29, 1.82) is 0 Å². The summed E-state index contributed by atoms with van der Waals surface area (Å²) in [5.74, 6) is -0.870. The summed E-state index contributed by atoms with van der Waals surface area (Å²) < 4.78 is 0. The van der Waals surface area contributed by atoms with Gasteiger partial charge in [0.25, 0.3) is 0 Å². The Hall–Kier alpha value is -1.52. The van der Waals surface area contributed by atoms with Gasteiger partial charge < -0.3 is 10.8 Å². The zero-order valence-electron chi connectivity index (χ0n) is 9.17. The first-order chi connectivity index (χ1) is 8.20. The second kappa shape index (κ2) is 5.21. The fourth-order valence-electron chi connectivity index (χ4n) is 1.60. The van der Waals surface area contributed by atoms with Gasteiger partial charge in [-0.1, -0.05) is 30.3 Å². The second-order valence-corrected chi connectivity index (χ2v) is 4.97. The molecular weight excluding hydrogens is 234 g/mol. The van der Waals surface area contributed by atoms with Crippen molar-refractivity contribution in [3.8, 4) is 0 Å². The third-order valence-corrected chi connectivity index (χ3v) is 3.69. The average Bonchev–Trinajstić information content (AvgIpc) is 2.35. The second-order valence-electron chi connectivity index (χ2n) is 3.69. The van der Waals surface area contributed by atoms with Gasteiger partial charge in [-0.15, -0.1) is 11.8 Å². The zero-order valence-corrected chi connectivity index (χ0v) is 9.98. The van der Waals surface area contributed by atoms with E-state index in [1.54, 1.807) is 0 Å². The Balaban J connectivity index is 2.27. The van der Waals surface area contributed by atoms with E-state index < -0.39 is 11.2 Å². The lowest BCUT2D eigenvalue weighted by molar-refractivity contribution is -0.136. The molecule has 2 rings (SSSR count). The summed E-state index contributed by atoms with van der Waals surface area (Å²) in [6.07, 6.45) is 0. The highest BCUT2D eigenvalue weighted by molar-refractivity contribution is 8.00. The van der Waals surface area contributed by atoms with Crippen molar-refractivity contribution < 1.29 is 9.90 Å². The molecule has 0 saturated carbocycles. The Bertz CT molecular complexity index is 542. The summed E-state index contributed by atoms with van der Waals surface area (Å²) in [5, 5.41) is 10.6. The largest absolute Gasteiger partial charge is 0.480 e. The highest BCUT2D eigenvalue weighted by Crippen LogP contribution is 2.26. The fraction of sp³-hybridized carbons (Fsp3) is 0.154. The maximum absolute atomic E-state index is 10.9. The monoisotopic (exact) mass is 247 g/mol. The smallest absolute Gasteiger partial charge is 0.318 e. The van der Waals surface area contributed by atoms with Crippen molar-refractivity contribution in [2.45, 2.75) is 10.1 Å². The Labute approximate surface area is 104 Å². The van der Waals surface area contributed by atoms with E-state index in [1.807, 2.05) is 42.5 Å². The highest BCUT2D eigenvalue weighted by Gasteiger charge is 2.16. The van der Waals surface area contributed by atoms with Gasteiger partial charge in [-0.2, -0.15) is 0 Å². The Kier molecular flexibility index (Phi) is 3.66. The topological polar surface area (TPSA) is 63.3 Å². The molecule has 17 heavy (non-hydrogen) atoms. The van der Waals surface area contributed by atoms with Crippen molar-refractivity contribution in [2.75, 3.05) is 6.54 Å². The van der Waals surface area contributed by atoms with Gasteiger partial charge in [0.15, 0.2) is 0 Å². The molecule has 0 bridgehead atoms. The average molecular weight is 247 g/mol. The van der Waals surface area contributed by atoms with Crippen molar-refractivity contribution in [2.24, 2.45) is 5.73 Å². The number of carbonyl (C=O) groups is 1. The van der Waals surface area contributed by atoms with Crippen molar-refractivity contribution in [1.82, 2.24) is 0 Å². The van der Waals surface area contributed by atoms with Gasteiger partial charge >= 0.3 is 5.97 Å². The van der Waals surface area contributed by atoms with Crippen molar-refractivity contribution in [3.05, 3.63) is 42.5 Å². The van der Waals surface area contributed by atoms with Crippen LogP contribution in [0.1, 0.15) is 0 Å². The molecule has 0 aliphatic rings. The Morgan fingerprint density at radius 2 is 1.94 bits per heavy atom. The van der Waals surface area contributed by atoms with E-state index in [2.05, 4.69) is 0 Å². The molecular formula is C13H13NO2S. The number of benzene rings is 2. The summed E-state index contributed by atoms with van der Waals surface area (Å²) in [4.78, 5) is 11.8. The molecule has 2 aromatic carbocycles.